The van der Waals surface area contributed by atoms with Gasteiger partial charge >= 0.3 is 0 Å². The lowest BCUT2D eigenvalue weighted by atomic mass is 10.1. The van der Waals surface area contributed by atoms with Gasteiger partial charge in [-0.25, -0.2) is 0 Å². The quantitative estimate of drug-likeness (QED) is 0.793. The molecule has 0 aliphatic heterocycles. The van der Waals surface area contributed by atoms with E-state index in [1.807, 2.05) is 25.1 Å². The summed E-state index contributed by atoms with van der Waals surface area (Å²) in [6.45, 7) is 3.71. The molecule has 0 spiro atoms. The molecule has 1 amide bonds. The first-order valence-electron chi connectivity index (χ1n) is 6.44. The van der Waals surface area contributed by atoms with Crippen molar-refractivity contribution in [3.05, 3.63) is 33.8 Å². The van der Waals surface area contributed by atoms with Gasteiger partial charge in [0.05, 0.1) is 0 Å². The smallest absolute Gasteiger partial charge is 0.251 e. The van der Waals surface area contributed by atoms with Gasteiger partial charge in [-0.15, -0.1) is 0 Å². The molecule has 98 valence electrons. The molecule has 4 heteroatoms. The first-order chi connectivity index (χ1) is 8.66. The van der Waals surface area contributed by atoms with Gasteiger partial charge in [0, 0.05) is 22.6 Å². The summed E-state index contributed by atoms with van der Waals surface area (Å²) in [4.78, 5) is 11.9. The maximum absolute atomic E-state index is 11.9. The van der Waals surface area contributed by atoms with Crippen LogP contribution in [0.1, 0.15) is 35.2 Å². The number of carbonyl (C=O) groups is 1. The number of halogens is 1. The first kappa shape index (κ1) is 13.6. The van der Waals surface area contributed by atoms with E-state index < -0.39 is 0 Å². The lowest BCUT2D eigenvalue weighted by molar-refractivity contribution is 0.0953. The van der Waals surface area contributed by atoms with Crippen LogP contribution in [0.15, 0.2) is 22.7 Å². The fourth-order valence-corrected chi connectivity index (χ4v) is 2.02. The molecule has 0 radical (unpaired) electrons. The van der Waals surface area contributed by atoms with Gasteiger partial charge in [0.15, 0.2) is 0 Å². The second kappa shape index (κ2) is 6.34. The minimum Gasteiger partial charge on any atom is -0.352 e. The summed E-state index contributed by atoms with van der Waals surface area (Å²) >= 11 is 3.43. The van der Waals surface area contributed by atoms with Crippen molar-refractivity contribution in [1.82, 2.24) is 10.6 Å². The highest BCUT2D eigenvalue weighted by Crippen LogP contribution is 2.18. The normalized spacial score (nSPS) is 14.6. The highest BCUT2D eigenvalue weighted by atomic mass is 79.9. The van der Waals surface area contributed by atoms with Gasteiger partial charge in [0.25, 0.3) is 5.91 Å². The second-order valence-electron chi connectivity index (χ2n) is 4.80. The summed E-state index contributed by atoms with van der Waals surface area (Å²) in [7, 11) is 0. The molecule has 0 atom stereocenters. The molecule has 1 aromatic rings. The van der Waals surface area contributed by atoms with Gasteiger partial charge in [-0.3, -0.25) is 4.79 Å². The van der Waals surface area contributed by atoms with Crippen LogP contribution in [0.3, 0.4) is 0 Å². The first-order valence-corrected chi connectivity index (χ1v) is 7.24. The summed E-state index contributed by atoms with van der Waals surface area (Å²) < 4.78 is 1.03. The Morgan fingerprint density at radius 3 is 2.83 bits per heavy atom. The number of rotatable bonds is 6. The van der Waals surface area contributed by atoms with E-state index in [0.29, 0.717) is 0 Å². The van der Waals surface area contributed by atoms with Gasteiger partial charge in [-0.1, -0.05) is 15.9 Å². The molecule has 2 N–H and O–H groups in total. The van der Waals surface area contributed by atoms with E-state index >= 15 is 0 Å². The Bertz CT molecular complexity index is 430. The third-order valence-corrected chi connectivity index (χ3v) is 3.96. The van der Waals surface area contributed by atoms with Crippen molar-refractivity contribution >= 4 is 21.8 Å². The molecular formula is C14H19BrN2O. The molecule has 0 saturated heterocycles. The van der Waals surface area contributed by atoms with Crippen LogP contribution in [-0.4, -0.2) is 25.0 Å². The molecule has 3 nitrogen and oxygen atoms in total. The van der Waals surface area contributed by atoms with E-state index in [0.717, 1.165) is 41.2 Å². The van der Waals surface area contributed by atoms with Gasteiger partial charge in [0.2, 0.25) is 0 Å². The Morgan fingerprint density at radius 2 is 2.17 bits per heavy atom. The van der Waals surface area contributed by atoms with Crippen LogP contribution in [0.2, 0.25) is 0 Å². The monoisotopic (exact) mass is 310 g/mol. The minimum atomic E-state index is 0.0111. The number of hydrogen-bond donors (Lipinski definition) is 2. The van der Waals surface area contributed by atoms with Gasteiger partial charge < -0.3 is 10.6 Å². The Balaban J connectivity index is 1.70. The molecule has 18 heavy (non-hydrogen) atoms. The molecule has 0 unspecified atom stereocenters. The number of hydrogen-bond acceptors (Lipinski definition) is 2. The van der Waals surface area contributed by atoms with Crippen molar-refractivity contribution in [2.45, 2.75) is 32.2 Å². The van der Waals surface area contributed by atoms with Crippen molar-refractivity contribution in [3.63, 3.8) is 0 Å². The van der Waals surface area contributed by atoms with E-state index in [2.05, 4.69) is 26.6 Å². The second-order valence-corrected chi connectivity index (χ2v) is 5.66. The average molecular weight is 311 g/mol. The van der Waals surface area contributed by atoms with Crippen molar-refractivity contribution in [2.75, 3.05) is 13.1 Å². The maximum atomic E-state index is 11.9. The van der Waals surface area contributed by atoms with E-state index in [1.165, 1.54) is 12.8 Å². The van der Waals surface area contributed by atoms with Crippen molar-refractivity contribution < 1.29 is 4.79 Å². The van der Waals surface area contributed by atoms with Crippen LogP contribution in [0.4, 0.5) is 0 Å². The number of aryl methyl sites for hydroxylation is 1. The zero-order valence-corrected chi connectivity index (χ0v) is 12.2. The van der Waals surface area contributed by atoms with Crippen molar-refractivity contribution in [1.29, 1.82) is 0 Å². The van der Waals surface area contributed by atoms with Crippen molar-refractivity contribution in [3.8, 4) is 0 Å². The standard InChI is InChI=1S/C14H19BrN2O/c1-10-9-11(3-6-13(10)15)14(18)17-8-2-7-16-12-4-5-12/h3,6,9,12,16H,2,4-5,7-8H2,1H3,(H,17,18). The fourth-order valence-electron chi connectivity index (χ4n) is 1.77. The number of benzene rings is 1. The summed E-state index contributed by atoms with van der Waals surface area (Å²) in [6.07, 6.45) is 3.60. The molecule has 0 bridgehead atoms. The van der Waals surface area contributed by atoms with Gasteiger partial charge in [-0.05, 0) is 56.5 Å². The molecular weight excluding hydrogens is 292 g/mol. The number of nitrogens with one attached hydrogen (secondary N) is 2. The zero-order chi connectivity index (χ0) is 13.0. The largest absolute Gasteiger partial charge is 0.352 e. The fraction of sp³-hybridized carbons (Fsp3) is 0.500. The zero-order valence-electron chi connectivity index (χ0n) is 10.6. The van der Waals surface area contributed by atoms with E-state index in [-0.39, 0.29) is 5.91 Å². The lowest BCUT2D eigenvalue weighted by Crippen LogP contribution is -2.28. The number of carbonyl (C=O) groups excluding carboxylic acids is 1. The van der Waals surface area contributed by atoms with Gasteiger partial charge in [0.1, 0.15) is 0 Å². The summed E-state index contributed by atoms with van der Waals surface area (Å²) in [5.41, 5.74) is 1.81. The Kier molecular flexibility index (Phi) is 4.78. The molecule has 0 heterocycles. The van der Waals surface area contributed by atoms with E-state index in [4.69, 9.17) is 0 Å². The van der Waals surface area contributed by atoms with Crippen LogP contribution in [0.25, 0.3) is 0 Å². The Morgan fingerprint density at radius 1 is 1.39 bits per heavy atom. The van der Waals surface area contributed by atoms with Crippen molar-refractivity contribution in [2.24, 2.45) is 0 Å². The summed E-state index contributed by atoms with van der Waals surface area (Å²) in [5.74, 6) is 0.0111. The maximum Gasteiger partial charge on any atom is 0.251 e. The molecule has 1 saturated carbocycles. The third kappa shape index (κ3) is 4.10. The van der Waals surface area contributed by atoms with E-state index in [1.54, 1.807) is 0 Å². The predicted octanol–water partition coefficient (Wildman–Crippen LogP) is 2.63. The molecule has 1 fully saturated rings. The Labute approximate surface area is 116 Å². The van der Waals surface area contributed by atoms with Crippen LogP contribution < -0.4 is 10.6 Å². The molecule has 0 aromatic heterocycles. The average Bonchev–Trinajstić information content (AvgIpc) is 3.16. The van der Waals surface area contributed by atoms with Crippen LogP contribution in [-0.2, 0) is 0 Å². The minimum absolute atomic E-state index is 0.0111. The van der Waals surface area contributed by atoms with Gasteiger partial charge in [-0.2, -0.15) is 0 Å². The van der Waals surface area contributed by atoms with Crippen LogP contribution in [0.5, 0.6) is 0 Å². The molecule has 1 aliphatic carbocycles. The Hall–Kier alpha value is -0.870. The highest BCUT2D eigenvalue weighted by molar-refractivity contribution is 9.10. The summed E-state index contributed by atoms with van der Waals surface area (Å²) in [6, 6.07) is 6.41. The predicted molar refractivity (Wildman–Crippen MR) is 76.9 cm³/mol. The third-order valence-electron chi connectivity index (χ3n) is 3.07. The number of amides is 1. The van der Waals surface area contributed by atoms with Crippen LogP contribution >= 0.6 is 15.9 Å². The SMILES string of the molecule is Cc1cc(C(=O)NCCCNC2CC2)ccc1Br. The molecule has 1 aliphatic rings. The highest BCUT2D eigenvalue weighted by Gasteiger charge is 2.19. The lowest BCUT2D eigenvalue weighted by Gasteiger charge is -2.07. The molecule has 2 rings (SSSR count). The van der Waals surface area contributed by atoms with Crippen LogP contribution in [0, 0.1) is 6.92 Å². The van der Waals surface area contributed by atoms with E-state index in [9.17, 15) is 4.79 Å². The topological polar surface area (TPSA) is 41.1 Å². The summed E-state index contributed by atoms with van der Waals surface area (Å²) in [5, 5.41) is 6.37. The molecule has 1 aromatic carbocycles.